The molecule has 3 heteroatoms. The highest BCUT2D eigenvalue weighted by Crippen LogP contribution is 2.18. The van der Waals surface area contributed by atoms with Crippen LogP contribution in [0.15, 0.2) is 30.3 Å². The van der Waals surface area contributed by atoms with Crippen LogP contribution in [0.25, 0.3) is 0 Å². The number of hydrogen-bond donors (Lipinski definition) is 1. The molecule has 0 aliphatic rings. The van der Waals surface area contributed by atoms with Crippen molar-refractivity contribution in [3.8, 4) is 0 Å². The summed E-state index contributed by atoms with van der Waals surface area (Å²) in [6.45, 7) is 9.48. The number of hydrogen-bond acceptors (Lipinski definition) is 3. The molecule has 0 aromatic heterocycles. The molecule has 0 spiro atoms. The van der Waals surface area contributed by atoms with Crippen molar-refractivity contribution in [3.63, 3.8) is 0 Å². The van der Waals surface area contributed by atoms with Gasteiger partial charge in [-0.2, -0.15) is 0 Å². The lowest BCUT2D eigenvalue weighted by Gasteiger charge is -2.23. The maximum atomic E-state index is 6.10. The highest BCUT2D eigenvalue weighted by molar-refractivity contribution is 5.18. The lowest BCUT2D eigenvalue weighted by atomic mass is 10.1. The molecule has 1 rings (SSSR count). The van der Waals surface area contributed by atoms with E-state index >= 15 is 0 Å². The summed E-state index contributed by atoms with van der Waals surface area (Å²) in [7, 11) is 0. The van der Waals surface area contributed by atoms with Crippen molar-refractivity contribution >= 4 is 0 Å². The maximum Gasteiger partial charge on any atom is 0.0954 e. The van der Waals surface area contributed by atoms with Gasteiger partial charge in [0.15, 0.2) is 0 Å². The van der Waals surface area contributed by atoms with Gasteiger partial charge in [-0.05, 0) is 32.4 Å². The Balaban J connectivity index is 2.54. The second-order valence-electron chi connectivity index (χ2n) is 4.71. The maximum absolute atomic E-state index is 6.10. The molecule has 0 amide bonds. The van der Waals surface area contributed by atoms with Crippen molar-refractivity contribution in [1.29, 1.82) is 0 Å². The van der Waals surface area contributed by atoms with E-state index < -0.39 is 0 Å². The lowest BCUT2D eigenvalue weighted by molar-refractivity contribution is -0.0469. The van der Waals surface area contributed by atoms with Crippen molar-refractivity contribution in [1.82, 2.24) is 5.32 Å². The average molecular weight is 265 g/mol. The highest BCUT2D eigenvalue weighted by Gasteiger charge is 2.15. The van der Waals surface area contributed by atoms with Gasteiger partial charge in [0.2, 0.25) is 0 Å². The number of ether oxygens (including phenoxy) is 2. The van der Waals surface area contributed by atoms with Crippen LogP contribution in [0.5, 0.6) is 0 Å². The minimum Gasteiger partial charge on any atom is -0.379 e. The first-order valence-electron chi connectivity index (χ1n) is 7.26. The average Bonchev–Trinajstić information content (AvgIpc) is 2.45. The zero-order chi connectivity index (χ0) is 13.9. The van der Waals surface area contributed by atoms with Crippen molar-refractivity contribution in [2.45, 2.75) is 39.4 Å². The Bertz CT molecular complexity index is 316. The third-order valence-corrected chi connectivity index (χ3v) is 2.88. The minimum absolute atomic E-state index is 0.0863. The van der Waals surface area contributed by atoms with E-state index in [0.717, 1.165) is 26.1 Å². The third kappa shape index (κ3) is 6.71. The van der Waals surface area contributed by atoms with E-state index in [1.165, 1.54) is 5.56 Å². The first-order valence-corrected chi connectivity index (χ1v) is 7.26. The molecule has 0 aliphatic heterocycles. The molecule has 0 bridgehead atoms. The van der Waals surface area contributed by atoms with Crippen molar-refractivity contribution in [3.05, 3.63) is 35.9 Å². The van der Waals surface area contributed by atoms with Crippen molar-refractivity contribution in [2.75, 3.05) is 26.3 Å². The Labute approximate surface area is 117 Å². The molecular weight excluding hydrogens is 238 g/mol. The van der Waals surface area contributed by atoms with Gasteiger partial charge in [0.05, 0.1) is 18.8 Å². The minimum atomic E-state index is 0.0863. The predicted molar refractivity (Wildman–Crippen MR) is 79.4 cm³/mol. The van der Waals surface area contributed by atoms with E-state index in [2.05, 4.69) is 43.4 Å². The molecule has 0 heterocycles. The normalized spacial score (nSPS) is 14.3. The molecule has 0 saturated carbocycles. The van der Waals surface area contributed by atoms with Crippen LogP contribution in [-0.4, -0.2) is 32.4 Å². The first kappa shape index (κ1) is 16.2. The van der Waals surface area contributed by atoms with Gasteiger partial charge in [0.25, 0.3) is 0 Å². The number of rotatable bonds is 10. The number of benzene rings is 1. The van der Waals surface area contributed by atoms with Crippen LogP contribution in [0.3, 0.4) is 0 Å². The van der Waals surface area contributed by atoms with Crippen LogP contribution in [0.1, 0.15) is 38.9 Å². The van der Waals surface area contributed by atoms with Crippen molar-refractivity contribution < 1.29 is 9.47 Å². The highest BCUT2D eigenvalue weighted by atomic mass is 16.5. The topological polar surface area (TPSA) is 30.5 Å². The molecule has 1 N–H and O–H groups in total. The van der Waals surface area contributed by atoms with Gasteiger partial charge in [-0.15, -0.1) is 0 Å². The fourth-order valence-electron chi connectivity index (χ4n) is 1.93. The summed E-state index contributed by atoms with van der Waals surface area (Å²) in [5, 5.41) is 3.43. The standard InChI is InChI=1S/C16H27NO2/c1-4-11-17-12-16(15-9-7-6-8-10-15)19-14(3)13-18-5-2/h6-10,14,16-17H,4-5,11-13H2,1-3H3. The van der Waals surface area contributed by atoms with Gasteiger partial charge in [-0.3, -0.25) is 0 Å². The first-order chi connectivity index (χ1) is 9.27. The molecule has 1 aromatic carbocycles. The van der Waals surface area contributed by atoms with E-state index in [1.54, 1.807) is 0 Å². The van der Waals surface area contributed by atoms with Gasteiger partial charge < -0.3 is 14.8 Å². The molecule has 2 unspecified atom stereocenters. The van der Waals surface area contributed by atoms with E-state index in [9.17, 15) is 0 Å². The molecule has 3 nitrogen and oxygen atoms in total. The Hall–Kier alpha value is -0.900. The number of nitrogens with one attached hydrogen (secondary N) is 1. The van der Waals surface area contributed by atoms with E-state index in [1.807, 2.05) is 13.0 Å². The van der Waals surface area contributed by atoms with Crippen LogP contribution in [0, 0.1) is 0 Å². The summed E-state index contributed by atoms with van der Waals surface area (Å²) >= 11 is 0. The van der Waals surface area contributed by atoms with Crippen LogP contribution >= 0.6 is 0 Å². The largest absolute Gasteiger partial charge is 0.379 e. The van der Waals surface area contributed by atoms with Gasteiger partial charge in [-0.1, -0.05) is 37.3 Å². The van der Waals surface area contributed by atoms with Gasteiger partial charge in [0.1, 0.15) is 0 Å². The molecule has 0 fully saturated rings. The molecule has 19 heavy (non-hydrogen) atoms. The molecular formula is C16H27NO2. The Morgan fingerprint density at radius 2 is 1.89 bits per heavy atom. The van der Waals surface area contributed by atoms with Gasteiger partial charge >= 0.3 is 0 Å². The summed E-state index contributed by atoms with van der Waals surface area (Å²) in [4.78, 5) is 0. The van der Waals surface area contributed by atoms with Crippen LogP contribution in [0.4, 0.5) is 0 Å². The van der Waals surface area contributed by atoms with Crippen molar-refractivity contribution in [2.24, 2.45) is 0 Å². The summed E-state index contributed by atoms with van der Waals surface area (Å²) < 4.78 is 11.5. The SMILES string of the molecule is CCCNCC(OC(C)COCC)c1ccccc1. The van der Waals surface area contributed by atoms with E-state index in [0.29, 0.717) is 6.61 Å². The summed E-state index contributed by atoms with van der Waals surface area (Å²) in [5.41, 5.74) is 1.22. The monoisotopic (exact) mass is 265 g/mol. The summed E-state index contributed by atoms with van der Waals surface area (Å²) in [5.74, 6) is 0. The Morgan fingerprint density at radius 3 is 2.53 bits per heavy atom. The van der Waals surface area contributed by atoms with Crippen LogP contribution in [0.2, 0.25) is 0 Å². The third-order valence-electron chi connectivity index (χ3n) is 2.88. The van der Waals surface area contributed by atoms with Gasteiger partial charge in [0, 0.05) is 13.2 Å². The molecule has 0 radical (unpaired) electrons. The zero-order valence-electron chi connectivity index (χ0n) is 12.4. The van der Waals surface area contributed by atoms with Gasteiger partial charge in [-0.25, -0.2) is 0 Å². The zero-order valence-corrected chi connectivity index (χ0v) is 12.4. The quantitative estimate of drug-likeness (QED) is 0.659. The molecule has 2 atom stereocenters. The predicted octanol–water partition coefficient (Wildman–Crippen LogP) is 3.17. The van der Waals surface area contributed by atoms with E-state index in [-0.39, 0.29) is 12.2 Å². The fourth-order valence-corrected chi connectivity index (χ4v) is 1.93. The molecule has 1 aromatic rings. The Morgan fingerprint density at radius 1 is 1.16 bits per heavy atom. The van der Waals surface area contributed by atoms with Crippen LogP contribution in [-0.2, 0) is 9.47 Å². The molecule has 108 valence electrons. The van der Waals surface area contributed by atoms with E-state index in [4.69, 9.17) is 9.47 Å². The lowest BCUT2D eigenvalue weighted by Crippen LogP contribution is -2.28. The Kier molecular flexibility index (Phi) is 8.47. The smallest absolute Gasteiger partial charge is 0.0954 e. The second-order valence-corrected chi connectivity index (χ2v) is 4.71. The second kappa shape index (κ2) is 9.96. The van der Waals surface area contributed by atoms with Crippen LogP contribution < -0.4 is 5.32 Å². The molecule has 0 aliphatic carbocycles. The molecule has 0 saturated heterocycles. The summed E-state index contributed by atoms with van der Waals surface area (Å²) in [6.07, 6.45) is 1.33. The summed E-state index contributed by atoms with van der Waals surface area (Å²) in [6, 6.07) is 10.4. The fraction of sp³-hybridized carbons (Fsp3) is 0.625.